The molecule has 19 heavy (non-hydrogen) atoms. The second-order valence-electron chi connectivity index (χ2n) is 4.37. The summed E-state index contributed by atoms with van der Waals surface area (Å²) in [7, 11) is 0. The summed E-state index contributed by atoms with van der Waals surface area (Å²) >= 11 is 0. The van der Waals surface area contributed by atoms with Crippen LogP contribution >= 0.6 is 0 Å². The standard InChI is InChI=1S/C19H22/c1-5-11-18(12-6-2)16(4)15-17(7-3)19-13-9-8-10-14-19/h5,7-11,13-15H,1,3-4,6,12H2,2H3/b17-15+,18-11+. The third kappa shape index (κ3) is 4.59. The number of rotatable bonds is 7. The zero-order valence-corrected chi connectivity index (χ0v) is 11.7. The molecule has 0 bridgehead atoms. The maximum Gasteiger partial charge on any atom is -0.0184 e. The lowest BCUT2D eigenvalue weighted by atomic mass is 9.97. The molecule has 0 unspecified atom stereocenters. The van der Waals surface area contributed by atoms with Gasteiger partial charge in [0.15, 0.2) is 0 Å². The summed E-state index contributed by atoms with van der Waals surface area (Å²) in [5, 5.41) is 0. The van der Waals surface area contributed by atoms with Crippen molar-refractivity contribution in [3.63, 3.8) is 0 Å². The van der Waals surface area contributed by atoms with Crippen LogP contribution in [0.3, 0.4) is 0 Å². The van der Waals surface area contributed by atoms with Crippen molar-refractivity contribution in [1.82, 2.24) is 0 Å². The third-order valence-electron chi connectivity index (χ3n) is 2.91. The van der Waals surface area contributed by atoms with Crippen molar-refractivity contribution in [2.45, 2.75) is 19.8 Å². The SMILES string of the molecule is C=C/C=C(\CCC)C(=C)/C=C(\C=C)c1ccccc1. The Hall–Kier alpha value is -2.08. The van der Waals surface area contributed by atoms with E-state index >= 15 is 0 Å². The molecule has 0 fully saturated rings. The van der Waals surface area contributed by atoms with Crippen LogP contribution in [0.1, 0.15) is 25.3 Å². The van der Waals surface area contributed by atoms with E-state index in [0.29, 0.717) is 0 Å². The van der Waals surface area contributed by atoms with E-state index in [9.17, 15) is 0 Å². The zero-order valence-electron chi connectivity index (χ0n) is 11.7. The van der Waals surface area contributed by atoms with E-state index in [4.69, 9.17) is 0 Å². The molecule has 0 saturated heterocycles. The van der Waals surface area contributed by atoms with Gasteiger partial charge in [-0.2, -0.15) is 0 Å². The maximum absolute atomic E-state index is 4.17. The fourth-order valence-electron chi connectivity index (χ4n) is 1.93. The molecule has 1 aromatic rings. The van der Waals surface area contributed by atoms with Crippen LogP contribution in [-0.2, 0) is 0 Å². The van der Waals surface area contributed by atoms with Crippen molar-refractivity contribution in [3.05, 3.63) is 91.1 Å². The summed E-state index contributed by atoms with van der Waals surface area (Å²) in [5.74, 6) is 0. The van der Waals surface area contributed by atoms with Crippen LogP contribution < -0.4 is 0 Å². The summed E-state index contributed by atoms with van der Waals surface area (Å²) in [6.07, 6.45) is 9.93. The van der Waals surface area contributed by atoms with Crippen molar-refractivity contribution < 1.29 is 0 Å². The van der Waals surface area contributed by atoms with E-state index in [2.05, 4.69) is 44.9 Å². The molecule has 0 radical (unpaired) electrons. The van der Waals surface area contributed by atoms with Crippen LogP contribution in [0.15, 0.2) is 85.5 Å². The van der Waals surface area contributed by atoms with Crippen molar-refractivity contribution >= 4 is 5.57 Å². The Morgan fingerprint density at radius 2 is 1.84 bits per heavy atom. The summed E-state index contributed by atoms with van der Waals surface area (Å²) < 4.78 is 0. The highest BCUT2D eigenvalue weighted by Crippen LogP contribution is 2.22. The Labute approximate surface area is 117 Å². The van der Waals surface area contributed by atoms with Gasteiger partial charge in [0, 0.05) is 0 Å². The lowest BCUT2D eigenvalue weighted by Gasteiger charge is -2.08. The molecular formula is C19H22. The molecule has 0 atom stereocenters. The van der Waals surface area contributed by atoms with Crippen LogP contribution in [0.4, 0.5) is 0 Å². The highest BCUT2D eigenvalue weighted by molar-refractivity contribution is 5.76. The topological polar surface area (TPSA) is 0 Å². The second-order valence-corrected chi connectivity index (χ2v) is 4.37. The minimum Gasteiger partial charge on any atom is -0.0991 e. The smallest absolute Gasteiger partial charge is 0.0184 e. The first-order valence-corrected chi connectivity index (χ1v) is 6.63. The summed E-state index contributed by atoms with van der Waals surface area (Å²) in [4.78, 5) is 0. The largest absolute Gasteiger partial charge is 0.0991 e. The average Bonchev–Trinajstić information content (AvgIpc) is 2.45. The monoisotopic (exact) mass is 250 g/mol. The Balaban J connectivity index is 3.04. The minimum atomic E-state index is 1.01. The number of hydrogen-bond donors (Lipinski definition) is 0. The van der Waals surface area contributed by atoms with Crippen molar-refractivity contribution in [1.29, 1.82) is 0 Å². The average molecular weight is 250 g/mol. The van der Waals surface area contributed by atoms with E-state index in [1.54, 1.807) is 0 Å². The Bertz CT molecular complexity index is 498. The molecule has 0 N–H and O–H groups in total. The lowest BCUT2D eigenvalue weighted by Crippen LogP contribution is -1.88. The summed E-state index contributed by atoms with van der Waals surface area (Å²) in [6.45, 7) is 14.0. The summed E-state index contributed by atoms with van der Waals surface area (Å²) in [5.41, 5.74) is 4.51. The van der Waals surface area contributed by atoms with Gasteiger partial charge in [-0.3, -0.25) is 0 Å². The van der Waals surface area contributed by atoms with Gasteiger partial charge in [-0.1, -0.05) is 81.6 Å². The molecule has 0 aliphatic heterocycles. The molecule has 0 spiro atoms. The fourth-order valence-corrected chi connectivity index (χ4v) is 1.93. The number of allylic oxidation sites excluding steroid dienone is 7. The van der Waals surface area contributed by atoms with E-state index in [0.717, 1.165) is 29.6 Å². The van der Waals surface area contributed by atoms with Gasteiger partial charge < -0.3 is 0 Å². The van der Waals surface area contributed by atoms with Crippen LogP contribution in [0.2, 0.25) is 0 Å². The van der Waals surface area contributed by atoms with Gasteiger partial charge in [0.05, 0.1) is 0 Å². The minimum absolute atomic E-state index is 1.01. The predicted molar refractivity (Wildman–Crippen MR) is 86.9 cm³/mol. The van der Waals surface area contributed by atoms with Crippen LogP contribution in [-0.4, -0.2) is 0 Å². The van der Waals surface area contributed by atoms with Crippen LogP contribution in [0, 0.1) is 0 Å². The van der Waals surface area contributed by atoms with Gasteiger partial charge in [-0.05, 0) is 34.8 Å². The normalized spacial score (nSPS) is 12.1. The van der Waals surface area contributed by atoms with E-state index in [-0.39, 0.29) is 0 Å². The lowest BCUT2D eigenvalue weighted by molar-refractivity contribution is 0.919. The predicted octanol–water partition coefficient (Wildman–Crippen LogP) is 5.72. The van der Waals surface area contributed by atoms with Crippen LogP contribution in [0.5, 0.6) is 0 Å². The van der Waals surface area contributed by atoms with Gasteiger partial charge in [0.25, 0.3) is 0 Å². The summed E-state index contributed by atoms with van der Waals surface area (Å²) in [6, 6.07) is 10.2. The first-order valence-electron chi connectivity index (χ1n) is 6.63. The quantitative estimate of drug-likeness (QED) is 0.542. The molecule has 0 aliphatic carbocycles. The van der Waals surface area contributed by atoms with Crippen molar-refractivity contribution in [2.75, 3.05) is 0 Å². The highest BCUT2D eigenvalue weighted by atomic mass is 14.1. The van der Waals surface area contributed by atoms with E-state index in [1.165, 1.54) is 5.57 Å². The molecular weight excluding hydrogens is 228 g/mol. The van der Waals surface area contributed by atoms with Crippen molar-refractivity contribution in [2.24, 2.45) is 0 Å². The van der Waals surface area contributed by atoms with Gasteiger partial charge in [-0.25, -0.2) is 0 Å². The van der Waals surface area contributed by atoms with Crippen LogP contribution in [0.25, 0.3) is 5.57 Å². The first-order chi connectivity index (χ1) is 9.22. The van der Waals surface area contributed by atoms with Crippen molar-refractivity contribution in [3.8, 4) is 0 Å². The molecule has 0 amide bonds. The van der Waals surface area contributed by atoms with E-state index < -0.39 is 0 Å². The number of hydrogen-bond acceptors (Lipinski definition) is 0. The first kappa shape index (κ1) is 15.0. The second kappa shape index (κ2) is 8.10. The highest BCUT2D eigenvalue weighted by Gasteiger charge is 2.01. The fraction of sp³-hybridized carbons (Fsp3) is 0.158. The van der Waals surface area contributed by atoms with Gasteiger partial charge in [-0.15, -0.1) is 0 Å². The Morgan fingerprint density at radius 3 is 2.37 bits per heavy atom. The van der Waals surface area contributed by atoms with Gasteiger partial charge >= 0.3 is 0 Å². The molecule has 1 aromatic carbocycles. The van der Waals surface area contributed by atoms with Gasteiger partial charge in [0.1, 0.15) is 0 Å². The Kier molecular flexibility index (Phi) is 6.38. The molecule has 98 valence electrons. The molecule has 0 aliphatic rings. The molecule has 0 saturated carbocycles. The molecule has 0 aromatic heterocycles. The molecule has 0 nitrogen and oxygen atoms in total. The number of benzene rings is 1. The third-order valence-corrected chi connectivity index (χ3v) is 2.91. The molecule has 0 heteroatoms. The molecule has 0 heterocycles. The van der Waals surface area contributed by atoms with E-state index in [1.807, 2.05) is 36.4 Å². The van der Waals surface area contributed by atoms with Gasteiger partial charge in [0.2, 0.25) is 0 Å². The zero-order chi connectivity index (χ0) is 14.1. The Morgan fingerprint density at radius 1 is 1.16 bits per heavy atom. The molecule has 1 rings (SSSR count). The maximum atomic E-state index is 4.17.